The van der Waals surface area contributed by atoms with Crippen molar-refractivity contribution in [3.05, 3.63) is 59.0 Å². The van der Waals surface area contributed by atoms with Crippen LogP contribution in [0, 0.1) is 12.7 Å². The fraction of sp³-hybridized carbons (Fsp3) is 0.348. The molecule has 1 aromatic heterocycles. The summed E-state index contributed by atoms with van der Waals surface area (Å²) in [5, 5.41) is 8.14. The standard InChI is InChI=1S/C23H26ClFN4/c1-15-22(16-4-6-17(24)7-5-16)23(27-26-15)20-14-19(8-9-21(20)25)29(3)18-10-12-28(2)13-11-18/h4-9,14,18H,10-13H2,1-3H3,(H,26,27). The molecule has 1 saturated heterocycles. The summed E-state index contributed by atoms with van der Waals surface area (Å²) in [6.07, 6.45) is 2.22. The molecule has 1 aliphatic heterocycles. The molecule has 4 nitrogen and oxygen atoms in total. The molecule has 2 heterocycles. The van der Waals surface area contributed by atoms with Crippen LogP contribution in [0.4, 0.5) is 10.1 Å². The molecule has 1 fully saturated rings. The number of aryl methyl sites for hydroxylation is 1. The Labute approximate surface area is 176 Å². The van der Waals surface area contributed by atoms with E-state index in [0.717, 1.165) is 48.4 Å². The number of nitrogens with one attached hydrogen (secondary N) is 1. The Kier molecular flexibility index (Phi) is 5.61. The zero-order valence-corrected chi connectivity index (χ0v) is 17.8. The fourth-order valence-electron chi connectivity index (χ4n) is 4.10. The van der Waals surface area contributed by atoms with Crippen molar-refractivity contribution in [2.75, 3.05) is 32.1 Å². The predicted octanol–water partition coefficient (Wildman–Crippen LogP) is 5.38. The van der Waals surface area contributed by atoms with Crippen LogP contribution >= 0.6 is 11.6 Å². The Balaban J connectivity index is 1.71. The lowest BCUT2D eigenvalue weighted by molar-refractivity contribution is 0.253. The van der Waals surface area contributed by atoms with Gasteiger partial charge in [0.1, 0.15) is 11.5 Å². The summed E-state index contributed by atoms with van der Waals surface area (Å²) in [5.74, 6) is -0.271. The largest absolute Gasteiger partial charge is 0.371 e. The van der Waals surface area contributed by atoms with Gasteiger partial charge in [0, 0.05) is 40.6 Å². The van der Waals surface area contributed by atoms with Gasteiger partial charge in [-0.3, -0.25) is 5.10 Å². The molecule has 29 heavy (non-hydrogen) atoms. The maximum absolute atomic E-state index is 14.9. The lowest BCUT2D eigenvalue weighted by Crippen LogP contribution is -2.42. The molecular formula is C23H26ClFN4. The minimum atomic E-state index is -0.271. The lowest BCUT2D eigenvalue weighted by Gasteiger charge is -2.36. The Morgan fingerprint density at radius 1 is 1.14 bits per heavy atom. The van der Waals surface area contributed by atoms with Crippen molar-refractivity contribution in [3.63, 3.8) is 0 Å². The number of rotatable bonds is 4. The number of hydrogen-bond acceptors (Lipinski definition) is 3. The molecule has 0 saturated carbocycles. The number of hydrogen-bond donors (Lipinski definition) is 1. The van der Waals surface area contributed by atoms with E-state index in [0.29, 0.717) is 22.3 Å². The summed E-state index contributed by atoms with van der Waals surface area (Å²) in [6.45, 7) is 4.12. The zero-order valence-electron chi connectivity index (χ0n) is 17.0. The molecule has 1 aliphatic rings. The van der Waals surface area contributed by atoms with Gasteiger partial charge >= 0.3 is 0 Å². The van der Waals surface area contributed by atoms with Gasteiger partial charge in [-0.25, -0.2) is 4.39 Å². The van der Waals surface area contributed by atoms with Crippen LogP contribution in [0.3, 0.4) is 0 Å². The maximum Gasteiger partial charge on any atom is 0.132 e. The van der Waals surface area contributed by atoms with Crippen LogP contribution in [0.15, 0.2) is 42.5 Å². The number of H-pyrrole nitrogens is 1. The van der Waals surface area contributed by atoms with E-state index in [1.807, 2.05) is 43.3 Å². The topological polar surface area (TPSA) is 35.2 Å². The highest BCUT2D eigenvalue weighted by molar-refractivity contribution is 6.30. The number of anilines is 1. The van der Waals surface area contributed by atoms with Crippen molar-refractivity contribution in [3.8, 4) is 22.4 Å². The van der Waals surface area contributed by atoms with Crippen molar-refractivity contribution < 1.29 is 4.39 Å². The van der Waals surface area contributed by atoms with E-state index >= 15 is 0 Å². The van der Waals surface area contributed by atoms with Crippen LogP contribution in [-0.2, 0) is 0 Å². The third kappa shape index (κ3) is 4.02. The molecule has 0 bridgehead atoms. The lowest BCUT2D eigenvalue weighted by atomic mass is 9.98. The van der Waals surface area contributed by atoms with Gasteiger partial charge in [0.2, 0.25) is 0 Å². The predicted molar refractivity (Wildman–Crippen MR) is 118 cm³/mol. The van der Waals surface area contributed by atoms with Gasteiger partial charge in [0.25, 0.3) is 0 Å². The van der Waals surface area contributed by atoms with E-state index in [-0.39, 0.29) is 5.82 Å². The average Bonchev–Trinajstić information content (AvgIpc) is 3.10. The number of halogens is 2. The van der Waals surface area contributed by atoms with Crippen molar-refractivity contribution in [1.82, 2.24) is 15.1 Å². The van der Waals surface area contributed by atoms with E-state index < -0.39 is 0 Å². The monoisotopic (exact) mass is 412 g/mol. The van der Waals surface area contributed by atoms with Gasteiger partial charge in [-0.15, -0.1) is 0 Å². The molecule has 152 valence electrons. The molecule has 0 amide bonds. The first kappa shape index (κ1) is 19.9. The second kappa shape index (κ2) is 8.17. The molecule has 0 aliphatic carbocycles. The molecule has 4 rings (SSSR count). The van der Waals surface area contributed by atoms with Crippen molar-refractivity contribution in [2.45, 2.75) is 25.8 Å². The van der Waals surface area contributed by atoms with Gasteiger partial charge < -0.3 is 9.80 Å². The molecule has 6 heteroatoms. The van der Waals surface area contributed by atoms with E-state index in [1.165, 1.54) is 0 Å². The minimum absolute atomic E-state index is 0.271. The highest BCUT2D eigenvalue weighted by atomic mass is 35.5. The quantitative estimate of drug-likeness (QED) is 0.625. The number of aromatic amines is 1. The van der Waals surface area contributed by atoms with E-state index in [9.17, 15) is 4.39 Å². The molecule has 1 N–H and O–H groups in total. The molecular weight excluding hydrogens is 387 g/mol. The number of likely N-dealkylation sites (tertiary alicyclic amines) is 1. The van der Waals surface area contributed by atoms with Gasteiger partial charge in [0.15, 0.2) is 0 Å². The Hall–Kier alpha value is -2.37. The Morgan fingerprint density at radius 3 is 2.52 bits per heavy atom. The first-order valence-electron chi connectivity index (χ1n) is 9.96. The molecule has 3 aromatic rings. The van der Waals surface area contributed by atoms with E-state index in [4.69, 9.17) is 11.6 Å². The van der Waals surface area contributed by atoms with E-state index in [2.05, 4.69) is 34.1 Å². The van der Waals surface area contributed by atoms with Crippen LogP contribution in [-0.4, -0.2) is 48.3 Å². The van der Waals surface area contributed by atoms with Gasteiger partial charge in [-0.05, 0) is 75.8 Å². The highest BCUT2D eigenvalue weighted by Gasteiger charge is 2.23. The zero-order chi connectivity index (χ0) is 20.5. The summed E-state index contributed by atoms with van der Waals surface area (Å²) in [7, 11) is 4.26. The number of piperidine rings is 1. The van der Waals surface area contributed by atoms with Crippen molar-refractivity contribution in [2.24, 2.45) is 0 Å². The maximum atomic E-state index is 14.9. The Bertz CT molecular complexity index is 991. The molecule has 0 atom stereocenters. The molecule has 0 spiro atoms. The Morgan fingerprint density at radius 2 is 1.83 bits per heavy atom. The van der Waals surface area contributed by atoms with Crippen molar-refractivity contribution >= 4 is 17.3 Å². The summed E-state index contributed by atoms with van der Waals surface area (Å²) >= 11 is 6.04. The number of aromatic nitrogens is 2. The van der Waals surface area contributed by atoms with Crippen molar-refractivity contribution in [1.29, 1.82) is 0 Å². The summed E-state index contributed by atoms with van der Waals surface area (Å²) in [5.41, 5.74) is 4.91. The summed E-state index contributed by atoms with van der Waals surface area (Å²) < 4.78 is 14.9. The highest BCUT2D eigenvalue weighted by Crippen LogP contribution is 2.36. The molecule has 0 radical (unpaired) electrons. The summed E-state index contributed by atoms with van der Waals surface area (Å²) in [6, 6.07) is 13.3. The first-order chi connectivity index (χ1) is 13.9. The third-order valence-electron chi connectivity index (χ3n) is 5.93. The first-order valence-corrected chi connectivity index (χ1v) is 10.3. The number of benzene rings is 2. The van der Waals surface area contributed by atoms with Gasteiger partial charge in [-0.1, -0.05) is 23.7 Å². The second-order valence-corrected chi connectivity index (χ2v) is 8.33. The smallest absolute Gasteiger partial charge is 0.132 e. The van der Waals surface area contributed by atoms with Crippen LogP contribution in [0.5, 0.6) is 0 Å². The van der Waals surface area contributed by atoms with E-state index in [1.54, 1.807) is 6.07 Å². The minimum Gasteiger partial charge on any atom is -0.371 e. The number of nitrogens with zero attached hydrogens (tertiary/aromatic N) is 3. The van der Waals surface area contributed by atoms with Crippen LogP contribution in [0.1, 0.15) is 18.5 Å². The van der Waals surface area contributed by atoms with Crippen LogP contribution in [0.2, 0.25) is 5.02 Å². The second-order valence-electron chi connectivity index (χ2n) is 7.89. The fourth-order valence-corrected chi connectivity index (χ4v) is 4.23. The molecule has 2 aromatic carbocycles. The van der Waals surface area contributed by atoms with Gasteiger partial charge in [0.05, 0.1) is 0 Å². The van der Waals surface area contributed by atoms with Gasteiger partial charge in [-0.2, -0.15) is 5.10 Å². The van der Waals surface area contributed by atoms with Crippen LogP contribution in [0.25, 0.3) is 22.4 Å². The SMILES string of the molecule is Cc1[nH]nc(-c2cc(N(C)C3CCN(C)CC3)ccc2F)c1-c1ccc(Cl)cc1. The third-order valence-corrected chi connectivity index (χ3v) is 6.18. The average molecular weight is 413 g/mol. The summed E-state index contributed by atoms with van der Waals surface area (Å²) in [4.78, 5) is 4.63. The molecule has 0 unspecified atom stereocenters. The van der Waals surface area contributed by atoms with Crippen LogP contribution < -0.4 is 4.90 Å². The normalized spacial score (nSPS) is 15.6.